The molecule has 0 bridgehead atoms. The average Bonchev–Trinajstić information content (AvgIpc) is 2.36. The van der Waals surface area contributed by atoms with Crippen LogP contribution in [0.5, 0.6) is 0 Å². The van der Waals surface area contributed by atoms with E-state index in [9.17, 15) is 0 Å². The lowest BCUT2D eigenvalue weighted by Gasteiger charge is -2.10. The van der Waals surface area contributed by atoms with E-state index in [0.29, 0.717) is 0 Å². The van der Waals surface area contributed by atoms with Gasteiger partial charge in [0.25, 0.3) is 0 Å². The molecule has 0 fully saturated rings. The minimum atomic E-state index is 0.775. The Balaban J connectivity index is 2.78. The van der Waals surface area contributed by atoms with Crippen LogP contribution in [-0.2, 0) is 0 Å². The van der Waals surface area contributed by atoms with Crippen LogP contribution in [0.3, 0.4) is 0 Å². The number of nitrogens with one attached hydrogen (secondary N) is 1. The van der Waals surface area contributed by atoms with Gasteiger partial charge in [-0.25, -0.2) is 4.98 Å². The van der Waals surface area contributed by atoms with Crippen LogP contribution < -0.4 is 0 Å². The SMILES string of the molecule is CN(C)C(=S)c1cnc[nH]1. The van der Waals surface area contributed by atoms with E-state index in [1.54, 1.807) is 12.5 Å². The maximum Gasteiger partial charge on any atom is 0.126 e. The molecule has 0 aliphatic heterocycles. The Bertz CT molecular complexity index is 215. The molecule has 0 amide bonds. The van der Waals surface area contributed by atoms with Gasteiger partial charge in [0.05, 0.1) is 18.2 Å². The summed E-state index contributed by atoms with van der Waals surface area (Å²) >= 11 is 5.05. The van der Waals surface area contributed by atoms with Gasteiger partial charge in [-0.1, -0.05) is 12.2 Å². The van der Waals surface area contributed by atoms with E-state index in [4.69, 9.17) is 12.2 Å². The highest BCUT2D eigenvalue weighted by Gasteiger charge is 2.02. The van der Waals surface area contributed by atoms with Crippen molar-refractivity contribution in [2.45, 2.75) is 0 Å². The molecular formula is C6H9N3S. The molecule has 0 aliphatic carbocycles. The highest BCUT2D eigenvalue weighted by atomic mass is 32.1. The van der Waals surface area contributed by atoms with Crippen LogP contribution >= 0.6 is 12.2 Å². The summed E-state index contributed by atoms with van der Waals surface area (Å²) < 4.78 is 0. The van der Waals surface area contributed by atoms with Gasteiger partial charge in [0.1, 0.15) is 4.99 Å². The summed E-state index contributed by atoms with van der Waals surface area (Å²) in [6, 6.07) is 0. The van der Waals surface area contributed by atoms with Gasteiger partial charge < -0.3 is 9.88 Å². The van der Waals surface area contributed by atoms with E-state index in [-0.39, 0.29) is 0 Å². The first-order chi connectivity index (χ1) is 4.72. The van der Waals surface area contributed by atoms with Crippen LogP contribution in [0.25, 0.3) is 0 Å². The Morgan fingerprint density at radius 1 is 1.70 bits per heavy atom. The monoisotopic (exact) mass is 155 g/mol. The van der Waals surface area contributed by atoms with Crippen LogP contribution in [0.1, 0.15) is 5.69 Å². The number of aromatic nitrogens is 2. The van der Waals surface area contributed by atoms with Gasteiger partial charge in [-0.2, -0.15) is 0 Å². The molecule has 3 nitrogen and oxygen atoms in total. The molecule has 54 valence electrons. The molecule has 1 aromatic heterocycles. The maximum absolute atomic E-state index is 5.05. The molecule has 0 aliphatic rings. The first kappa shape index (κ1) is 7.21. The third-order valence-electron chi connectivity index (χ3n) is 1.13. The summed E-state index contributed by atoms with van der Waals surface area (Å²) in [5.41, 5.74) is 0.889. The topological polar surface area (TPSA) is 31.9 Å². The van der Waals surface area contributed by atoms with Crippen molar-refractivity contribution < 1.29 is 0 Å². The summed E-state index contributed by atoms with van der Waals surface area (Å²) in [6.45, 7) is 0. The van der Waals surface area contributed by atoms with E-state index in [0.717, 1.165) is 10.7 Å². The third-order valence-corrected chi connectivity index (χ3v) is 1.72. The zero-order valence-corrected chi connectivity index (χ0v) is 6.77. The van der Waals surface area contributed by atoms with E-state index >= 15 is 0 Å². The van der Waals surface area contributed by atoms with Gasteiger partial charge in [0.2, 0.25) is 0 Å². The van der Waals surface area contributed by atoms with Crippen molar-refractivity contribution in [1.82, 2.24) is 14.9 Å². The fraction of sp³-hybridized carbons (Fsp3) is 0.333. The zero-order chi connectivity index (χ0) is 7.56. The molecule has 0 radical (unpaired) electrons. The molecule has 1 heterocycles. The van der Waals surface area contributed by atoms with Gasteiger partial charge in [0.15, 0.2) is 0 Å². The first-order valence-corrected chi connectivity index (χ1v) is 3.32. The van der Waals surface area contributed by atoms with Crippen molar-refractivity contribution >= 4 is 17.2 Å². The lowest BCUT2D eigenvalue weighted by atomic mass is 10.4. The van der Waals surface area contributed by atoms with Crippen LogP contribution in [-0.4, -0.2) is 34.0 Å². The molecule has 0 aromatic carbocycles. The summed E-state index contributed by atoms with van der Waals surface area (Å²) in [5.74, 6) is 0. The molecule has 1 N–H and O–H groups in total. The van der Waals surface area contributed by atoms with Crippen molar-refractivity contribution in [3.63, 3.8) is 0 Å². The molecule has 0 atom stereocenters. The van der Waals surface area contributed by atoms with Gasteiger partial charge in [-0.05, 0) is 0 Å². The lowest BCUT2D eigenvalue weighted by molar-refractivity contribution is 0.635. The number of hydrogen-bond acceptors (Lipinski definition) is 2. The lowest BCUT2D eigenvalue weighted by Crippen LogP contribution is -2.20. The molecule has 10 heavy (non-hydrogen) atoms. The normalized spacial score (nSPS) is 9.40. The minimum Gasteiger partial charge on any atom is -0.367 e. The summed E-state index contributed by atoms with van der Waals surface area (Å²) in [5, 5.41) is 0. The molecule has 0 unspecified atom stereocenters. The first-order valence-electron chi connectivity index (χ1n) is 2.92. The standard InChI is InChI=1S/C6H9N3S/c1-9(2)6(10)5-3-7-4-8-5/h3-4H,1-2H3,(H,7,8). The summed E-state index contributed by atoms with van der Waals surface area (Å²) in [6.07, 6.45) is 3.33. The Kier molecular flexibility index (Phi) is 2.01. The second kappa shape index (κ2) is 2.79. The van der Waals surface area contributed by atoms with Crippen molar-refractivity contribution in [3.05, 3.63) is 18.2 Å². The summed E-state index contributed by atoms with van der Waals surface area (Å²) in [7, 11) is 3.81. The van der Waals surface area contributed by atoms with Crippen molar-refractivity contribution in [1.29, 1.82) is 0 Å². The largest absolute Gasteiger partial charge is 0.367 e. The minimum absolute atomic E-state index is 0.775. The Hall–Kier alpha value is -0.900. The predicted octanol–water partition coefficient (Wildman–Crippen LogP) is 0.647. The second-order valence-corrected chi connectivity index (χ2v) is 2.55. The smallest absolute Gasteiger partial charge is 0.126 e. The maximum atomic E-state index is 5.05. The predicted molar refractivity (Wildman–Crippen MR) is 44.0 cm³/mol. The number of rotatable bonds is 1. The van der Waals surface area contributed by atoms with Gasteiger partial charge in [-0.15, -0.1) is 0 Å². The molecule has 0 saturated heterocycles. The number of hydrogen-bond donors (Lipinski definition) is 1. The number of thiocarbonyl (C=S) groups is 1. The van der Waals surface area contributed by atoms with Crippen LogP contribution in [0.4, 0.5) is 0 Å². The molecular weight excluding hydrogens is 146 g/mol. The Morgan fingerprint density at radius 2 is 2.40 bits per heavy atom. The zero-order valence-electron chi connectivity index (χ0n) is 5.96. The quantitative estimate of drug-likeness (QED) is 0.604. The highest BCUT2D eigenvalue weighted by Crippen LogP contribution is 1.96. The number of H-pyrrole nitrogens is 1. The van der Waals surface area contributed by atoms with E-state index < -0.39 is 0 Å². The number of imidazole rings is 1. The molecule has 4 heteroatoms. The van der Waals surface area contributed by atoms with Crippen molar-refractivity contribution in [2.75, 3.05) is 14.1 Å². The van der Waals surface area contributed by atoms with Crippen LogP contribution in [0, 0.1) is 0 Å². The fourth-order valence-corrected chi connectivity index (χ4v) is 0.725. The second-order valence-electron chi connectivity index (χ2n) is 2.16. The third kappa shape index (κ3) is 1.33. The molecule has 1 aromatic rings. The molecule has 1 rings (SSSR count). The van der Waals surface area contributed by atoms with E-state index in [1.807, 2.05) is 19.0 Å². The van der Waals surface area contributed by atoms with Crippen LogP contribution in [0.15, 0.2) is 12.5 Å². The number of aromatic amines is 1. The van der Waals surface area contributed by atoms with Crippen molar-refractivity contribution in [3.8, 4) is 0 Å². The fourth-order valence-electron chi connectivity index (χ4n) is 0.614. The average molecular weight is 155 g/mol. The van der Waals surface area contributed by atoms with Gasteiger partial charge in [-0.3, -0.25) is 0 Å². The van der Waals surface area contributed by atoms with Crippen LogP contribution in [0.2, 0.25) is 0 Å². The van der Waals surface area contributed by atoms with Crippen molar-refractivity contribution in [2.24, 2.45) is 0 Å². The number of nitrogens with zero attached hydrogens (tertiary/aromatic N) is 2. The molecule has 0 saturated carbocycles. The highest BCUT2D eigenvalue weighted by molar-refractivity contribution is 7.80. The van der Waals surface area contributed by atoms with E-state index in [1.165, 1.54) is 0 Å². The Morgan fingerprint density at radius 3 is 2.80 bits per heavy atom. The molecule has 0 spiro atoms. The Labute approximate surface area is 65.1 Å². The van der Waals surface area contributed by atoms with Gasteiger partial charge in [0, 0.05) is 14.1 Å². The van der Waals surface area contributed by atoms with Gasteiger partial charge >= 0.3 is 0 Å². The van der Waals surface area contributed by atoms with E-state index in [2.05, 4.69) is 9.97 Å². The summed E-state index contributed by atoms with van der Waals surface area (Å²) in [4.78, 5) is 9.42.